The van der Waals surface area contributed by atoms with Gasteiger partial charge >= 0.3 is 0 Å². The molecule has 0 atom stereocenters. The molecule has 1 aromatic rings. The van der Waals surface area contributed by atoms with Gasteiger partial charge in [-0.25, -0.2) is 8.78 Å². The molecule has 0 radical (unpaired) electrons. The van der Waals surface area contributed by atoms with E-state index in [0.717, 1.165) is 5.56 Å². The fraction of sp³-hybridized carbons (Fsp3) is 0.500. The minimum Gasteiger partial charge on any atom is -0.354 e. The van der Waals surface area contributed by atoms with Crippen LogP contribution in [0.25, 0.3) is 0 Å². The van der Waals surface area contributed by atoms with Gasteiger partial charge in [-0.15, -0.1) is 0 Å². The van der Waals surface area contributed by atoms with E-state index in [2.05, 4.69) is 10.6 Å². The van der Waals surface area contributed by atoms with Crippen LogP contribution in [0.1, 0.15) is 37.8 Å². The highest BCUT2D eigenvalue weighted by Gasteiger charge is 2.06. The number of carbonyl (C=O) groups excluding carboxylic acids is 1. The lowest BCUT2D eigenvalue weighted by Crippen LogP contribution is -2.32. The third kappa shape index (κ3) is 6.29. The van der Waals surface area contributed by atoms with E-state index in [-0.39, 0.29) is 17.5 Å². The summed E-state index contributed by atoms with van der Waals surface area (Å²) in [5.41, 5.74) is 0.953. The van der Waals surface area contributed by atoms with E-state index in [1.54, 1.807) is 12.1 Å². The van der Waals surface area contributed by atoms with Crippen molar-refractivity contribution in [2.75, 3.05) is 6.54 Å². The summed E-state index contributed by atoms with van der Waals surface area (Å²) in [4.78, 5) is 11.3. The van der Waals surface area contributed by atoms with E-state index in [1.807, 2.05) is 13.8 Å². The molecule has 0 unspecified atom stereocenters. The maximum Gasteiger partial charge on any atom is 0.263 e. The Morgan fingerprint density at radius 3 is 2.37 bits per heavy atom. The van der Waals surface area contributed by atoms with Crippen molar-refractivity contribution in [1.82, 2.24) is 10.6 Å². The Hall–Kier alpha value is -1.49. The minimum absolute atomic E-state index is 0.00977. The summed E-state index contributed by atoms with van der Waals surface area (Å²) < 4.78 is 24.7. The van der Waals surface area contributed by atoms with Gasteiger partial charge in [0.15, 0.2) is 0 Å². The van der Waals surface area contributed by atoms with Gasteiger partial charge in [0.2, 0.25) is 5.91 Å². The average Bonchev–Trinajstić information content (AvgIpc) is 2.34. The van der Waals surface area contributed by atoms with E-state index in [9.17, 15) is 13.6 Å². The first-order valence-electron chi connectivity index (χ1n) is 6.36. The maximum atomic E-state index is 12.3. The Bertz CT molecular complexity index is 391. The summed E-state index contributed by atoms with van der Waals surface area (Å²) in [5.74, 6) is 0.00977. The van der Waals surface area contributed by atoms with Crippen LogP contribution in [0.15, 0.2) is 24.3 Å². The van der Waals surface area contributed by atoms with Crippen molar-refractivity contribution in [3.63, 3.8) is 0 Å². The lowest BCUT2D eigenvalue weighted by atomic mass is 10.1. The highest BCUT2D eigenvalue weighted by atomic mass is 19.3. The Morgan fingerprint density at radius 2 is 1.84 bits per heavy atom. The standard InChI is InChI=1S/C14H20F2N2O/c1-10(2)18-13(19)7-8-17-9-11-3-5-12(6-4-11)14(15)16/h3-6,10,14,17H,7-9H2,1-2H3,(H,18,19). The Morgan fingerprint density at radius 1 is 1.21 bits per heavy atom. The smallest absolute Gasteiger partial charge is 0.263 e. The monoisotopic (exact) mass is 270 g/mol. The normalized spacial score (nSPS) is 11.1. The van der Waals surface area contributed by atoms with Gasteiger partial charge in [-0.05, 0) is 19.4 Å². The zero-order chi connectivity index (χ0) is 14.3. The average molecular weight is 270 g/mol. The minimum atomic E-state index is -2.43. The second kappa shape index (κ2) is 7.84. The van der Waals surface area contributed by atoms with Gasteiger partial charge in [-0.1, -0.05) is 24.3 Å². The van der Waals surface area contributed by atoms with E-state index in [4.69, 9.17) is 0 Å². The van der Waals surface area contributed by atoms with Crippen molar-refractivity contribution >= 4 is 5.91 Å². The van der Waals surface area contributed by atoms with E-state index in [0.29, 0.717) is 19.5 Å². The third-order valence-corrected chi connectivity index (χ3v) is 2.54. The predicted molar refractivity (Wildman–Crippen MR) is 71.0 cm³/mol. The second-order valence-electron chi connectivity index (χ2n) is 4.69. The first-order valence-corrected chi connectivity index (χ1v) is 6.36. The summed E-state index contributed by atoms with van der Waals surface area (Å²) in [7, 11) is 0. The number of nitrogens with one attached hydrogen (secondary N) is 2. The van der Waals surface area contributed by atoms with Crippen LogP contribution < -0.4 is 10.6 Å². The van der Waals surface area contributed by atoms with Crippen molar-refractivity contribution in [1.29, 1.82) is 0 Å². The molecule has 5 heteroatoms. The van der Waals surface area contributed by atoms with Crippen molar-refractivity contribution in [2.24, 2.45) is 0 Å². The molecule has 1 amide bonds. The topological polar surface area (TPSA) is 41.1 Å². The van der Waals surface area contributed by atoms with E-state index < -0.39 is 6.43 Å². The predicted octanol–water partition coefficient (Wildman–Crippen LogP) is 2.63. The Balaban J connectivity index is 2.24. The molecular weight excluding hydrogens is 250 g/mol. The van der Waals surface area contributed by atoms with Gasteiger partial charge in [0, 0.05) is 31.1 Å². The molecule has 0 aliphatic carbocycles. The van der Waals surface area contributed by atoms with E-state index >= 15 is 0 Å². The molecular formula is C14H20F2N2O. The van der Waals surface area contributed by atoms with Crippen LogP contribution in [-0.2, 0) is 11.3 Å². The Labute approximate surface area is 112 Å². The Kier molecular flexibility index (Phi) is 6.42. The van der Waals surface area contributed by atoms with Crippen molar-refractivity contribution in [3.05, 3.63) is 35.4 Å². The first kappa shape index (κ1) is 15.6. The zero-order valence-electron chi connectivity index (χ0n) is 11.2. The van der Waals surface area contributed by atoms with Crippen LogP contribution in [-0.4, -0.2) is 18.5 Å². The molecule has 1 rings (SSSR count). The molecule has 3 nitrogen and oxygen atoms in total. The number of hydrogen-bond donors (Lipinski definition) is 2. The molecule has 0 spiro atoms. The summed E-state index contributed by atoms with van der Waals surface area (Å²) >= 11 is 0. The number of carbonyl (C=O) groups is 1. The lowest BCUT2D eigenvalue weighted by Gasteiger charge is -2.09. The fourth-order valence-corrected chi connectivity index (χ4v) is 1.61. The summed E-state index contributed by atoms with van der Waals surface area (Å²) in [6.07, 6.45) is -2.02. The van der Waals surface area contributed by atoms with Crippen LogP contribution in [0, 0.1) is 0 Å². The van der Waals surface area contributed by atoms with Gasteiger partial charge in [-0.2, -0.15) is 0 Å². The van der Waals surface area contributed by atoms with Crippen LogP contribution in [0.5, 0.6) is 0 Å². The second-order valence-corrected chi connectivity index (χ2v) is 4.69. The van der Waals surface area contributed by atoms with Crippen LogP contribution >= 0.6 is 0 Å². The van der Waals surface area contributed by atoms with Gasteiger partial charge < -0.3 is 10.6 Å². The van der Waals surface area contributed by atoms with Gasteiger partial charge in [0.25, 0.3) is 6.43 Å². The van der Waals surface area contributed by atoms with Gasteiger partial charge in [0.05, 0.1) is 0 Å². The molecule has 0 aliphatic rings. The van der Waals surface area contributed by atoms with Crippen molar-refractivity contribution < 1.29 is 13.6 Å². The van der Waals surface area contributed by atoms with Crippen molar-refractivity contribution in [2.45, 2.75) is 39.3 Å². The molecule has 106 valence electrons. The number of rotatable bonds is 7. The zero-order valence-corrected chi connectivity index (χ0v) is 11.2. The molecule has 0 fully saturated rings. The largest absolute Gasteiger partial charge is 0.354 e. The quantitative estimate of drug-likeness (QED) is 0.748. The highest BCUT2D eigenvalue weighted by molar-refractivity contribution is 5.76. The van der Waals surface area contributed by atoms with Crippen LogP contribution in [0.3, 0.4) is 0 Å². The first-order chi connectivity index (χ1) is 8.99. The molecule has 0 saturated carbocycles. The fourth-order valence-electron chi connectivity index (χ4n) is 1.61. The summed E-state index contributed by atoms with van der Waals surface area (Å²) in [6.45, 7) is 4.96. The van der Waals surface area contributed by atoms with Gasteiger partial charge in [-0.3, -0.25) is 4.79 Å². The molecule has 1 aromatic carbocycles. The lowest BCUT2D eigenvalue weighted by molar-refractivity contribution is -0.121. The molecule has 2 N–H and O–H groups in total. The number of halogens is 2. The van der Waals surface area contributed by atoms with Crippen LogP contribution in [0.4, 0.5) is 8.78 Å². The SMILES string of the molecule is CC(C)NC(=O)CCNCc1ccc(C(F)F)cc1. The summed E-state index contributed by atoms with van der Waals surface area (Å²) in [6, 6.07) is 6.33. The molecule has 0 bridgehead atoms. The number of amides is 1. The van der Waals surface area contributed by atoms with Crippen LogP contribution in [0.2, 0.25) is 0 Å². The molecule has 0 aliphatic heterocycles. The molecule has 19 heavy (non-hydrogen) atoms. The number of hydrogen-bond acceptors (Lipinski definition) is 2. The van der Waals surface area contributed by atoms with Gasteiger partial charge in [0.1, 0.15) is 0 Å². The van der Waals surface area contributed by atoms with Crippen molar-refractivity contribution in [3.8, 4) is 0 Å². The van der Waals surface area contributed by atoms with E-state index in [1.165, 1.54) is 12.1 Å². The maximum absolute atomic E-state index is 12.3. The highest BCUT2D eigenvalue weighted by Crippen LogP contribution is 2.18. The molecule has 0 aromatic heterocycles. The molecule has 0 heterocycles. The third-order valence-electron chi connectivity index (χ3n) is 2.54. The number of alkyl halides is 2. The number of benzene rings is 1. The molecule has 0 saturated heterocycles. The summed E-state index contributed by atoms with van der Waals surface area (Å²) in [5, 5.41) is 5.91.